The first-order valence-electron chi connectivity index (χ1n) is 5.50. The quantitative estimate of drug-likeness (QED) is 0.740. The first kappa shape index (κ1) is 14.9. The second-order valence-corrected chi connectivity index (χ2v) is 4.86. The molecular weight excluding hydrogens is 312 g/mol. The van der Waals surface area contributed by atoms with Gasteiger partial charge in [-0.25, -0.2) is 13.2 Å². The lowest BCUT2D eigenvalue weighted by molar-refractivity contribution is 0.0984. The third kappa shape index (κ3) is 2.97. The van der Waals surface area contributed by atoms with Crippen molar-refractivity contribution in [3.8, 4) is 0 Å². The molecule has 0 aliphatic carbocycles. The number of carbonyl (C=O) groups is 1. The molecule has 6 heteroatoms. The molecule has 0 unspecified atom stereocenters. The zero-order chi connectivity index (χ0) is 14.9. The molecule has 0 amide bonds. The van der Waals surface area contributed by atoms with Gasteiger partial charge in [0.2, 0.25) is 0 Å². The van der Waals surface area contributed by atoms with E-state index in [4.69, 9.17) is 23.2 Å². The fourth-order valence-corrected chi connectivity index (χ4v) is 2.29. The summed E-state index contributed by atoms with van der Waals surface area (Å²) in [6.45, 7) is 0. The molecule has 0 aliphatic rings. The van der Waals surface area contributed by atoms with Gasteiger partial charge >= 0.3 is 0 Å². The second kappa shape index (κ2) is 5.85. The van der Waals surface area contributed by atoms with Crippen molar-refractivity contribution in [3.05, 3.63) is 69.0 Å². The Morgan fingerprint density at radius 1 is 1.00 bits per heavy atom. The molecule has 0 heterocycles. The molecule has 0 aliphatic heterocycles. The number of halogens is 5. The van der Waals surface area contributed by atoms with E-state index in [1.54, 1.807) is 6.07 Å². The summed E-state index contributed by atoms with van der Waals surface area (Å²) in [6.07, 6.45) is -0.377. The van der Waals surface area contributed by atoms with Crippen LogP contribution in [0.5, 0.6) is 0 Å². The highest BCUT2D eigenvalue weighted by Crippen LogP contribution is 2.26. The van der Waals surface area contributed by atoms with Gasteiger partial charge in [-0.3, -0.25) is 4.79 Å². The molecule has 0 aromatic heterocycles. The molecule has 0 atom stereocenters. The van der Waals surface area contributed by atoms with Crippen molar-refractivity contribution in [3.63, 3.8) is 0 Å². The molecule has 0 bridgehead atoms. The van der Waals surface area contributed by atoms with Gasteiger partial charge in [0, 0.05) is 28.6 Å². The lowest BCUT2D eigenvalue weighted by atomic mass is 10.0. The predicted octanol–water partition coefficient (Wildman–Crippen LogP) is 4.84. The Hall–Kier alpha value is -1.52. The normalized spacial score (nSPS) is 10.7. The summed E-state index contributed by atoms with van der Waals surface area (Å²) in [6, 6.07) is 5.49. The van der Waals surface area contributed by atoms with E-state index in [0.29, 0.717) is 12.1 Å². The minimum atomic E-state index is -1.25. The van der Waals surface area contributed by atoms with Crippen LogP contribution >= 0.6 is 23.2 Å². The molecule has 2 aromatic carbocycles. The standard InChI is InChI=1S/C14H7Cl2F3O/c15-9-2-1-3-10(16)8(9)6-13(20)14-11(18)4-7(17)5-12(14)19/h1-5H,6H2. The van der Waals surface area contributed by atoms with E-state index < -0.39 is 28.8 Å². The lowest BCUT2D eigenvalue weighted by Crippen LogP contribution is -2.10. The maximum absolute atomic E-state index is 13.5. The van der Waals surface area contributed by atoms with E-state index in [-0.39, 0.29) is 22.0 Å². The number of rotatable bonds is 3. The third-order valence-corrected chi connectivity index (χ3v) is 3.39. The highest BCUT2D eigenvalue weighted by atomic mass is 35.5. The van der Waals surface area contributed by atoms with Gasteiger partial charge in [-0.1, -0.05) is 29.3 Å². The van der Waals surface area contributed by atoms with E-state index >= 15 is 0 Å². The van der Waals surface area contributed by atoms with Crippen LogP contribution in [0.2, 0.25) is 10.0 Å². The topological polar surface area (TPSA) is 17.1 Å². The summed E-state index contributed by atoms with van der Waals surface area (Å²) in [4.78, 5) is 12.0. The van der Waals surface area contributed by atoms with Crippen molar-refractivity contribution < 1.29 is 18.0 Å². The van der Waals surface area contributed by atoms with Crippen molar-refractivity contribution in [2.24, 2.45) is 0 Å². The third-order valence-electron chi connectivity index (χ3n) is 2.68. The SMILES string of the molecule is O=C(Cc1c(Cl)cccc1Cl)c1c(F)cc(F)cc1F. The van der Waals surface area contributed by atoms with Crippen LogP contribution in [0.1, 0.15) is 15.9 Å². The summed E-state index contributed by atoms with van der Waals surface area (Å²) in [5.74, 6) is -4.46. The first-order valence-corrected chi connectivity index (χ1v) is 6.26. The van der Waals surface area contributed by atoms with E-state index in [9.17, 15) is 18.0 Å². The highest BCUT2D eigenvalue weighted by molar-refractivity contribution is 6.36. The van der Waals surface area contributed by atoms with Crippen LogP contribution < -0.4 is 0 Å². The Labute approximate surface area is 122 Å². The highest BCUT2D eigenvalue weighted by Gasteiger charge is 2.21. The van der Waals surface area contributed by atoms with E-state index in [1.807, 2.05) is 0 Å². The van der Waals surface area contributed by atoms with Gasteiger partial charge < -0.3 is 0 Å². The zero-order valence-electron chi connectivity index (χ0n) is 9.89. The molecule has 0 saturated heterocycles. The van der Waals surface area contributed by atoms with Crippen LogP contribution in [0.25, 0.3) is 0 Å². The Balaban J connectivity index is 2.39. The first-order chi connectivity index (χ1) is 9.40. The van der Waals surface area contributed by atoms with Crippen LogP contribution in [0.3, 0.4) is 0 Å². The number of Topliss-reactive ketones (excluding diaryl/α,β-unsaturated/α-hetero) is 1. The van der Waals surface area contributed by atoms with Crippen LogP contribution in [0, 0.1) is 17.5 Å². The van der Waals surface area contributed by atoms with Gasteiger partial charge in [0.1, 0.15) is 17.5 Å². The molecule has 104 valence electrons. The van der Waals surface area contributed by atoms with E-state index in [2.05, 4.69) is 0 Å². The Kier molecular flexibility index (Phi) is 4.35. The minimum absolute atomic E-state index is 0.216. The summed E-state index contributed by atoms with van der Waals surface area (Å²) < 4.78 is 39.8. The molecular formula is C14H7Cl2F3O. The van der Waals surface area contributed by atoms with Crippen molar-refractivity contribution in [1.29, 1.82) is 0 Å². The average Bonchev–Trinajstić information content (AvgIpc) is 2.32. The fraction of sp³-hybridized carbons (Fsp3) is 0.0714. The number of hydrogen-bond acceptors (Lipinski definition) is 1. The second-order valence-electron chi connectivity index (χ2n) is 4.04. The van der Waals surface area contributed by atoms with Gasteiger partial charge in [-0.2, -0.15) is 0 Å². The Bertz CT molecular complexity index is 643. The molecule has 2 rings (SSSR count). The van der Waals surface area contributed by atoms with Crippen molar-refractivity contribution in [1.82, 2.24) is 0 Å². The van der Waals surface area contributed by atoms with Gasteiger partial charge in [0.25, 0.3) is 0 Å². The van der Waals surface area contributed by atoms with Crippen LogP contribution in [-0.2, 0) is 6.42 Å². The molecule has 1 nitrogen and oxygen atoms in total. The van der Waals surface area contributed by atoms with Crippen molar-refractivity contribution in [2.45, 2.75) is 6.42 Å². The van der Waals surface area contributed by atoms with E-state index in [1.165, 1.54) is 12.1 Å². The monoisotopic (exact) mass is 318 g/mol. The van der Waals surface area contributed by atoms with Gasteiger partial charge in [-0.05, 0) is 17.7 Å². The molecule has 20 heavy (non-hydrogen) atoms. The van der Waals surface area contributed by atoms with Gasteiger partial charge in [-0.15, -0.1) is 0 Å². The van der Waals surface area contributed by atoms with Crippen molar-refractivity contribution >= 4 is 29.0 Å². The molecule has 0 fully saturated rings. The maximum atomic E-state index is 13.5. The van der Waals surface area contributed by atoms with Gasteiger partial charge in [0.15, 0.2) is 5.78 Å². The minimum Gasteiger partial charge on any atom is -0.294 e. The summed E-state index contributed by atoms with van der Waals surface area (Å²) in [5.41, 5.74) is -0.536. The molecule has 0 saturated carbocycles. The van der Waals surface area contributed by atoms with Crippen LogP contribution in [-0.4, -0.2) is 5.78 Å². The molecule has 0 N–H and O–H groups in total. The van der Waals surface area contributed by atoms with E-state index in [0.717, 1.165) is 0 Å². The largest absolute Gasteiger partial charge is 0.294 e. The predicted molar refractivity (Wildman–Crippen MR) is 70.8 cm³/mol. The number of carbonyl (C=O) groups excluding carboxylic acids is 1. The van der Waals surface area contributed by atoms with Crippen molar-refractivity contribution in [2.75, 3.05) is 0 Å². The summed E-state index contributed by atoms with van der Waals surface area (Å²) in [5, 5.41) is 0.433. The van der Waals surface area contributed by atoms with Crippen LogP contribution in [0.15, 0.2) is 30.3 Å². The van der Waals surface area contributed by atoms with Gasteiger partial charge in [0.05, 0.1) is 5.56 Å². The molecule has 0 radical (unpaired) electrons. The number of ketones is 1. The molecule has 2 aromatic rings. The lowest BCUT2D eigenvalue weighted by Gasteiger charge is -2.08. The number of benzene rings is 2. The smallest absolute Gasteiger partial charge is 0.173 e. The van der Waals surface area contributed by atoms with Crippen LogP contribution in [0.4, 0.5) is 13.2 Å². The average molecular weight is 319 g/mol. The Morgan fingerprint density at radius 3 is 2.00 bits per heavy atom. The Morgan fingerprint density at radius 2 is 1.50 bits per heavy atom. The fourth-order valence-electron chi connectivity index (χ4n) is 1.76. The summed E-state index contributed by atoms with van der Waals surface area (Å²) in [7, 11) is 0. The maximum Gasteiger partial charge on any atom is 0.173 e. The number of hydrogen-bond donors (Lipinski definition) is 0. The zero-order valence-corrected chi connectivity index (χ0v) is 11.4. The summed E-state index contributed by atoms with van der Waals surface area (Å²) >= 11 is 11.8. The molecule has 0 spiro atoms.